The van der Waals surface area contributed by atoms with Crippen molar-refractivity contribution < 1.29 is 19.4 Å². The number of pyridine rings is 1. The number of aromatic nitrogens is 1. The SMILES string of the molecule is CCC(C)(C)O[C@H](C(=O)O)c1c(C)ncc(-c2ccc(OCCc3ccccc3)cc2)c1N1CCC(C)(C)CC1. The van der Waals surface area contributed by atoms with E-state index in [1.165, 1.54) is 5.56 Å². The van der Waals surface area contributed by atoms with Crippen LogP contribution in [0.5, 0.6) is 5.75 Å². The third kappa shape index (κ3) is 7.22. The molecule has 2 heterocycles. The molecular weight excluding hydrogens is 500 g/mol. The van der Waals surface area contributed by atoms with Gasteiger partial charge in [-0.15, -0.1) is 0 Å². The number of carbonyl (C=O) groups is 1. The number of hydrogen-bond donors (Lipinski definition) is 1. The minimum Gasteiger partial charge on any atom is -0.493 e. The Hall–Kier alpha value is -3.38. The monoisotopic (exact) mass is 544 g/mol. The molecule has 40 heavy (non-hydrogen) atoms. The van der Waals surface area contributed by atoms with Gasteiger partial charge in [0, 0.05) is 42.5 Å². The highest BCUT2D eigenvalue weighted by molar-refractivity contribution is 5.86. The number of anilines is 1. The van der Waals surface area contributed by atoms with Gasteiger partial charge in [-0.1, -0.05) is 63.2 Å². The average Bonchev–Trinajstić information content (AvgIpc) is 2.93. The Morgan fingerprint density at radius 3 is 2.33 bits per heavy atom. The Morgan fingerprint density at radius 2 is 1.73 bits per heavy atom. The molecule has 1 saturated heterocycles. The Kier molecular flexibility index (Phi) is 9.19. The number of aliphatic carboxylic acids is 1. The molecule has 6 nitrogen and oxygen atoms in total. The van der Waals surface area contributed by atoms with Crippen LogP contribution in [0, 0.1) is 12.3 Å². The first-order valence-electron chi connectivity index (χ1n) is 14.4. The number of hydrogen-bond acceptors (Lipinski definition) is 5. The molecule has 0 radical (unpaired) electrons. The maximum absolute atomic E-state index is 12.7. The van der Waals surface area contributed by atoms with Gasteiger partial charge < -0.3 is 19.5 Å². The zero-order valence-electron chi connectivity index (χ0n) is 24.9. The molecule has 1 aliphatic heterocycles. The van der Waals surface area contributed by atoms with Crippen LogP contribution in [0.1, 0.15) is 76.8 Å². The summed E-state index contributed by atoms with van der Waals surface area (Å²) in [4.78, 5) is 19.7. The van der Waals surface area contributed by atoms with Gasteiger partial charge in [0.25, 0.3) is 0 Å². The molecule has 0 spiro atoms. The van der Waals surface area contributed by atoms with E-state index in [9.17, 15) is 9.90 Å². The second-order valence-corrected chi connectivity index (χ2v) is 12.2. The van der Waals surface area contributed by atoms with E-state index in [2.05, 4.69) is 30.9 Å². The molecule has 0 saturated carbocycles. The highest BCUT2D eigenvalue weighted by atomic mass is 16.5. The van der Waals surface area contributed by atoms with Crippen LogP contribution >= 0.6 is 0 Å². The van der Waals surface area contributed by atoms with Crippen LogP contribution in [0.4, 0.5) is 5.69 Å². The topological polar surface area (TPSA) is 71.9 Å². The molecule has 3 aromatic rings. The molecule has 214 valence electrons. The number of carboxylic acids is 1. The van der Waals surface area contributed by atoms with Crippen molar-refractivity contribution in [1.29, 1.82) is 0 Å². The lowest BCUT2D eigenvalue weighted by atomic mass is 9.82. The maximum Gasteiger partial charge on any atom is 0.337 e. The van der Waals surface area contributed by atoms with Gasteiger partial charge >= 0.3 is 5.97 Å². The molecular formula is C34H44N2O4. The third-order valence-electron chi connectivity index (χ3n) is 8.16. The van der Waals surface area contributed by atoms with Crippen LogP contribution in [0.25, 0.3) is 11.1 Å². The molecule has 4 rings (SSSR count). The van der Waals surface area contributed by atoms with Gasteiger partial charge in [-0.25, -0.2) is 4.79 Å². The molecule has 0 bridgehead atoms. The van der Waals surface area contributed by atoms with Gasteiger partial charge in [-0.05, 0) is 68.7 Å². The van der Waals surface area contributed by atoms with Crippen molar-refractivity contribution in [3.05, 3.63) is 77.6 Å². The third-order valence-corrected chi connectivity index (χ3v) is 8.16. The predicted octanol–water partition coefficient (Wildman–Crippen LogP) is 7.64. The predicted molar refractivity (Wildman–Crippen MR) is 161 cm³/mol. The Morgan fingerprint density at radius 1 is 1.07 bits per heavy atom. The number of rotatable bonds is 11. The summed E-state index contributed by atoms with van der Waals surface area (Å²) in [6.45, 7) is 14.7. The van der Waals surface area contributed by atoms with Crippen molar-refractivity contribution in [3.8, 4) is 16.9 Å². The minimum atomic E-state index is -1.12. The molecule has 6 heteroatoms. The maximum atomic E-state index is 12.7. The summed E-state index contributed by atoms with van der Waals surface area (Å²) in [6, 6.07) is 18.3. The normalized spacial score (nSPS) is 16.0. The highest BCUT2D eigenvalue weighted by Crippen LogP contribution is 2.43. The first kappa shape index (κ1) is 29.6. The molecule has 0 aliphatic carbocycles. The zero-order chi connectivity index (χ0) is 28.9. The minimum absolute atomic E-state index is 0.255. The standard InChI is InChI=1S/C34H44N2O4/c1-7-34(5,6)40-31(32(37)38)29-24(2)35-23-28(30(29)36-20-18-33(3,4)19-21-36)26-13-15-27(16-14-26)39-22-17-25-11-9-8-10-12-25/h8-16,23,31H,7,17-22H2,1-6H3,(H,37,38)/t31-/m0/s1. The summed E-state index contributed by atoms with van der Waals surface area (Å²) >= 11 is 0. The summed E-state index contributed by atoms with van der Waals surface area (Å²) in [5.74, 6) is -0.193. The van der Waals surface area contributed by atoms with E-state index in [-0.39, 0.29) is 5.41 Å². The zero-order valence-corrected chi connectivity index (χ0v) is 24.9. The lowest BCUT2D eigenvalue weighted by Crippen LogP contribution is -2.39. The van der Waals surface area contributed by atoms with Crippen LogP contribution in [-0.4, -0.2) is 41.4 Å². The van der Waals surface area contributed by atoms with Gasteiger partial charge in [0.2, 0.25) is 0 Å². The lowest BCUT2D eigenvalue weighted by Gasteiger charge is -2.41. The fraction of sp³-hybridized carbons (Fsp3) is 0.471. The summed E-state index contributed by atoms with van der Waals surface area (Å²) in [5.41, 5.74) is 5.05. The van der Waals surface area contributed by atoms with Crippen LogP contribution in [-0.2, 0) is 16.0 Å². The van der Waals surface area contributed by atoms with Gasteiger partial charge in [0.15, 0.2) is 6.10 Å². The fourth-order valence-electron chi connectivity index (χ4n) is 5.11. The van der Waals surface area contributed by atoms with Crippen LogP contribution in [0.3, 0.4) is 0 Å². The summed E-state index contributed by atoms with van der Waals surface area (Å²) in [5, 5.41) is 10.4. The molecule has 2 aromatic carbocycles. The van der Waals surface area contributed by atoms with Crippen LogP contribution < -0.4 is 9.64 Å². The summed E-state index contributed by atoms with van der Waals surface area (Å²) in [6.07, 6.45) is 4.35. The second-order valence-electron chi connectivity index (χ2n) is 12.2. The first-order valence-corrected chi connectivity index (χ1v) is 14.4. The number of ether oxygens (including phenoxy) is 2. The van der Waals surface area contributed by atoms with Gasteiger partial charge in [-0.3, -0.25) is 4.98 Å². The van der Waals surface area contributed by atoms with Gasteiger partial charge in [-0.2, -0.15) is 0 Å². The van der Waals surface area contributed by atoms with Gasteiger partial charge in [0.1, 0.15) is 5.75 Å². The summed E-state index contributed by atoms with van der Waals surface area (Å²) < 4.78 is 12.3. The number of benzene rings is 2. The van der Waals surface area contributed by atoms with Crippen LogP contribution in [0.15, 0.2) is 60.8 Å². The van der Waals surface area contributed by atoms with E-state index in [4.69, 9.17) is 14.5 Å². The molecule has 1 aromatic heterocycles. The van der Waals surface area contributed by atoms with Crippen molar-refractivity contribution in [2.24, 2.45) is 5.41 Å². The quantitative estimate of drug-likeness (QED) is 0.267. The molecule has 1 aliphatic rings. The molecule has 1 N–H and O–H groups in total. The van der Waals surface area contributed by atoms with Crippen molar-refractivity contribution in [1.82, 2.24) is 4.98 Å². The first-order chi connectivity index (χ1) is 19.0. The van der Waals surface area contributed by atoms with E-state index >= 15 is 0 Å². The van der Waals surface area contributed by atoms with E-state index in [1.807, 2.05) is 76.4 Å². The Balaban J connectivity index is 1.70. The molecule has 1 atom stereocenters. The van der Waals surface area contributed by atoms with Crippen molar-refractivity contribution in [2.45, 2.75) is 78.9 Å². The second kappa shape index (κ2) is 12.4. The van der Waals surface area contributed by atoms with Crippen LogP contribution in [0.2, 0.25) is 0 Å². The van der Waals surface area contributed by atoms with E-state index in [1.54, 1.807) is 0 Å². The molecule has 1 fully saturated rings. The van der Waals surface area contributed by atoms with Crippen molar-refractivity contribution in [2.75, 3.05) is 24.6 Å². The number of carboxylic acid groups (broad SMARTS) is 1. The molecule has 0 amide bonds. The van der Waals surface area contributed by atoms with E-state index < -0.39 is 17.7 Å². The number of aryl methyl sites for hydroxylation is 1. The highest BCUT2D eigenvalue weighted by Gasteiger charge is 2.36. The number of piperidine rings is 1. The largest absolute Gasteiger partial charge is 0.493 e. The Bertz CT molecular complexity index is 1280. The smallest absolute Gasteiger partial charge is 0.337 e. The summed E-state index contributed by atoms with van der Waals surface area (Å²) in [7, 11) is 0. The van der Waals surface area contributed by atoms with E-state index in [0.29, 0.717) is 24.3 Å². The van der Waals surface area contributed by atoms with Crippen molar-refractivity contribution in [3.63, 3.8) is 0 Å². The Labute approximate surface area is 239 Å². The lowest BCUT2D eigenvalue weighted by molar-refractivity contribution is -0.162. The average molecular weight is 545 g/mol. The van der Waals surface area contributed by atoms with Gasteiger partial charge in [0.05, 0.1) is 17.9 Å². The van der Waals surface area contributed by atoms with Crippen molar-refractivity contribution >= 4 is 11.7 Å². The number of nitrogens with zero attached hydrogens (tertiary/aromatic N) is 2. The fourth-order valence-corrected chi connectivity index (χ4v) is 5.11. The molecule has 0 unspecified atom stereocenters. The van der Waals surface area contributed by atoms with E-state index in [0.717, 1.165) is 54.9 Å².